The predicted octanol–water partition coefficient (Wildman–Crippen LogP) is 2.71. The maximum Gasteiger partial charge on any atom is 0.250 e. The molecular weight excluding hydrogens is 291 g/mol. The van der Waals surface area contributed by atoms with Gasteiger partial charge in [0.1, 0.15) is 0 Å². The minimum atomic E-state index is -0.0648. The van der Waals surface area contributed by atoms with Crippen LogP contribution >= 0.6 is 27.5 Å². The lowest BCUT2D eigenvalue weighted by Crippen LogP contribution is -2.19. The highest BCUT2D eigenvalue weighted by Gasteiger charge is 2.00. The van der Waals surface area contributed by atoms with Gasteiger partial charge in [-0.3, -0.25) is 9.78 Å². The van der Waals surface area contributed by atoms with Crippen LogP contribution in [0.25, 0.3) is 0 Å². The van der Waals surface area contributed by atoms with Gasteiger partial charge in [0.25, 0.3) is 5.56 Å². The largest absolute Gasteiger partial charge is 0.308 e. The van der Waals surface area contributed by atoms with Gasteiger partial charge in [0.15, 0.2) is 0 Å². The molecule has 0 fully saturated rings. The number of pyridine rings is 2. The van der Waals surface area contributed by atoms with E-state index in [-0.39, 0.29) is 5.56 Å². The molecule has 16 heavy (non-hydrogen) atoms. The zero-order valence-electron chi connectivity index (χ0n) is 8.23. The third-order valence-electron chi connectivity index (χ3n) is 2.06. The maximum absolute atomic E-state index is 11.5. The van der Waals surface area contributed by atoms with Gasteiger partial charge in [-0.2, -0.15) is 0 Å². The van der Waals surface area contributed by atoms with Crippen molar-refractivity contribution in [3.8, 4) is 0 Å². The Kier molecular flexibility index (Phi) is 3.41. The van der Waals surface area contributed by atoms with Crippen molar-refractivity contribution in [3.63, 3.8) is 0 Å². The molecule has 0 aliphatic rings. The Bertz CT molecular complexity index is 568. The topological polar surface area (TPSA) is 34.9 Å². The van der Waals surface area contributed by atoms with E-state index in [1.54, 1.807) is 35.2 Å². The molecule has 2 heterocycles. The average molecular weight is 300 g/mol. The first-order chi connectivity index (χ1) is 7.65. The van der Waals surface area contributed by atoms with Gasteiger partial charge < -0.3 is 4.57 Å². The van der Waals surface area contributed by atoms with Crippen LogP contribution in [0.15, 0.2) is 45.9 Å². The lowest BCUT2D eigenvalue weighted by molar-refractivity contribution is 0.737. The normalized spacial score (nSPS) is 10.4. The summed E-state index contributed by atoms with van der Waals surface area (Å²) < 4.78 is 2.43. The molecule has 0 saturated heterocycles. The average Bonchev–Trinajstić information content (AvgIpc) is 2.24. The lowest BCUT2D eigenvalue weighted by Gasteiger charge is -2.05. The molecule has 2 aromatic rings. The molecule has 0 aliphatic heterocycles. The van der Waals surface area contributed by atoms with Gasteiger partial charge >= 0.3 is 0 Å². The number of hydrogen-bond donors (Lipinski definition) is 0. The molecule has 82 valence electrons. The summed E-state index contributed by atoms with van der Waals surface area (Å²) >= 11 is 9.16. The van der Waals surface area contributed by atoms with Crippen molar-refractivity contribution in [3.05, 3.63) is 62.2 Å². The Labute approximate surface area is 106 Å². The predicted molar refractivity (Wildman–Crippen MR) is 66.8 cm³/mol. The summed E-state index contributed by atoms with van der Waals surface area (Å²) in [5, 5.41) is 0.619. The number of rotatable bonds is 2. The quantitative estimate of drug-likeness (QED) is 0.854. The van der Waals surface area contributed by atoms with Crippen molar-refractivity contribution in [1.29, 1.82) is 0 Å². The van der Waals surface area contributed by atoms with Crippen molar-refractivity contribution in [2.45, 2.75) is 6.54 Å². The van der Waals surface area contributed by atoms with E-state index in [0.29, 0.717) is 11.6 Å². The molecule has 2 aromatic heterocycles. The van der Waals surface area contributed by atoms with Crippen molar-refractivity contribution in [1.82, 2.24) is 9.55 Å². The van der Waals surface area contributed by atoms with Crippen LogP contribution in [0.5, 0.6) is 0 Å². The van der Waals surface area contributed by atoms with Gasteiger partial charge in [-0.05, 0) is 34.1 Å². The summed E-state index contributed by atoms with van der Waals surface area (Å²) in [6.45, 7) is 0.416. The summed E-state index contributed by atoms with van der Waals surface area (Å²) in [4.78, 5) is 15.7. The Morgan fingerprint density at radius 2 is 2.19 bits per heavy atom. The molecule has 0 atom stereocenters. The van der Waals surface area contributed by atoms with E-state index in [0.717, 1.165) is 10.2 Å². The summed E-state index contributed by atoms with van der Waals surface area (Å²) in [6.07, 6.45) is 3.35. The van der Waals surface area contributed by atoms with E-state index in [9.17, 15) is 4.79 Å². The van der Waals surface area contributed by atoms with Crippen LogP contribution in [0.1, 0.15) is 5.69 Å². The second-order valence-electron chi connectivity index (χ2n) is 3.28. The fourth-order valence-corrected chi connectivity index (χ4v) is 1.90. The van der Waals surface area contributed by atoms with Gasteiger partial charge in [0, 0.05) is 28.0 Å². The maximum atomic E-state index is 11.5. The van der Waals surface area contributed by atoms with E-state index < -0.39 is 0 Å². The highest BCUT2D eigenvalue weighted by Crippen LogP contribution is 2.10. The van der Waals surface area contributed by atoms with E-state index in [1.807, 2.05) is 0 Å². The monoisotopic (exact) mass is 298 g/mol. The Morgan fingerprint density at radius 3 is 2.94 bits per heavy atom. The number of nitrogens with zero attached hydrogens (tertiary/aromatic N) is 2. The van der Waals surface area contributed by atoms with Gasteiger partial charge in [-0.15, -0.1) is 0 Å². The third-order valence-corrected chi connectivity index (χ3v) is 2.76. The number of hydrogen-bond acceptors (Lipinski definition) is 2. The Morgan fingerprint density at radius 1 is 1.38 bits per heavy atom. The first-order valence-corrected chi connectivity index (χ1v) is 5.79. The first kappa shape index (κ1) is 11.4. The van der Waals surface area contributed by atoms with E-state index in [4.69, 9.17) is 11.6 Å². The van der Waals surface area contributed by atoms with Gasteiger partial charge in [-0.25, -0.2) is 0 Å². The molecule has 2 rings (SSSR count). The van der Waals surface area contributed by atoms with Crippen LogP contribution in [0.3, 0.4) is 0 Å². The van der Waals surface area contributed by atoms with Crippen LogP contribution in [0.2, 0.25) is 5.02 Å². The van der Waals surface area contributed by atoms with Gasteiger partial charge in [-0.1, -0.05) is 11.6 Å². The minimum Gasteiger partial charge on any atom is -0.308 e. The molecule has 0 bridgehead atoms. The first-order valence-electron chi connectivity index (χ1n) is 4.61. The van der Waals surface area contributed by atoms with E-state index >= 15 is 0 Å². The van der Waals surface area contributed by atoms with Crippen molar-refractivity contribution >= 4 is 27.5 Å². The highest BCUT2D eigenvalue weighted by molar-refractivity contribution is 9.10. The molecule has 0 N–H and O–H groups in total. The summed E-state index contributed by atoms with van der Waals surface area (Å²) in [5.74, 6) is 0. The van der Waals surface area contributed by atoms with Crippen molar-refractivity contribution < 1.29 is 0 Å². The van der Waals surface area contributed by atoms with Crippen molar-refractivity contribution in [2.24, 2.45) is 0 Å². The highest BCUT2D eigenvalue weighted by atomic mass is 79.9. The standard InChI is InChI=1S/C11H8BrClN2O/c12-8-1-2-11(16)15(6-8)7-10-5-9(13)3-4-14-10/h1-6H,7H2. The molecule has 5 heteroatoms. The molecular formula is C11H8BrClN2O. The Hall–Kier alpha value is -1.13. The van der Waals surface area contributed by atoms with Crippen molar-refractivity contribution in [2.75, 3.05) is 0 Å². The summed E-state index contributed by atoms with van der Waals surface area (Å²) in [6, 6.07) is 6.67. The second kappa shape index (κ2) is 4.80. The van der Waals surface area contributed by atoms with Crippen LogP contribution in [-0.2, 0) is 6.54 Å². The Balaban J connectivity index is 2.34. The van der Waals surface area contributed by atoms with E-state index in [2.05, 4.69) is 20.9 Å². The van der Waals surface area contributed by atoms with Gasteiger partial charge in [0.05, 0.1) is 12.2 Å². The lowest BCUT2D eigenvalue weighted by atomic mass is 10.3. The molecule has 0 amide bonds. The van der Waals surface area contributed by atoms with E-state index in [1.165, 1.54) is 6.07 Å². The zero-order valence-corrected chi connectivity index (χ0v) is 10.6. The minimum absolute atomic E-state index is 0.0648. The number of aromatic nitrogens is 2. The fraction of sp³-hybridized carbons (Fsp3) is 0.0909. The second-order valence-corrected chi connectivity index (χ2v) is 4.63. The molecule has 0 aromatic carbocycles. The molecule has 3 nitrogen and oxygen atoms in total. The fourth-order valence-electron chi connectivity index (χ4n) is 1.34. The molecule has 0 radical (unpaired) electrons. The summed E-state index contributed by atoms with van der Waals surface area (Å²) in [5.41, 5.74) is 0.692. The van der Waals surface area contributed by atoms with Crippen LogP contribution in [-0.4, -0.2) is 9.55 Å². The van der Waals surface area contributed by atoms with Crippen LogP contribution in [0.4, 0.5) is 0 Å². The molecule has 0 unspecified atom stereocenters. The zero-order chi connectivity index (χ0) is 11.5. The molecule has 0 spiro atoms. The third kappa shape index (κ3) is 2.71. The van der Waals surface area contributed by atoms with Gasteiger partial charge in [0.2, 0.25) is 0 Å². The van der Waals surface area contributed by atoms with Crippen LogP contribution in [0, 0.1) is 0 Å². The SMILES string of the molecule is O=c1ccc(Br)cn1Cc1cc(Cl)ccn1. The smallest absolute Gasteiger partial charge is 0.250 e. The molecule has 0 saturated carbocycles. The summed E-state index contributed by atoms with van der Waals surface area (Å²) in [7, 11) is 0. The molecule has 0 aliphatic carbocycles. The van der Waals surface area contributed by atoms with Crippen LogP contribution < -0.4 is 5.56 Å². The number of halogens is 2.